The van der Waals surface area contributed by atoms with Crippen molar-refractivity contribution in [2.24, 2.45) is 0 Å². The fraction of sp³-hybridized carbons (Fsp3) is 0.171. The number of unbranched alkanes of at least 4 members (excludes halogenated alkanes) is 1. The molecular formula is C76H68N2OOs. The topological polar surface area (TPSA) is 15.7 Å². The van der Waals surface area contributed by atoms with Crippen LogP contribution in [0.3, 0.4) is 0 Å². The van der Waals surface area contributed by atoms with Crippen LogP contribution >= 0.6 is 0 Å². The van der Waals surface area contributed by atoms with Crippen molar-refractivity contribution in [1.29, 1.82) is 0 Å². The van der Waals surface area contributed by atoms with Gasteiger partial charge in [0.15, 0.2) is 0 Å². The fourth-order valence-corrected chi connectivity index (χ4v) is 12.2. The minimum Gasteiger partial charge on any atom is -0.491 e. The Labute approximate surface area is 486 Å². The molecule has 0 aliphatic heterocycles. The summed E-state index contributed by atoms with van der Waals surface area (Å²) in [5.74, 6) is 0.884. The second-order valence-corrected chi connectivity index (χ2v) is 21.1. The molecule has 1 unspecified atom stereocenters. The Morgan fingerprint density at radius 3 is 1.16 bits per heavy atom. The zero-order valence-electron chi connectivity index (χ0n) is 46.7. The van der Waals surface area contributed by atoms with Gasteiger partial charge in [0, 0.05) is 27.8 Å². The van der Waals surface area contributed by atoms with E-state index in [4.69, 9.17) is 4.74 Å². The molecule has 0 bridgehead atoms. The van der Waals surface area contributed by atoms with E-state index in [0.717, 1.165) is 78.4 Å². The molecule has 4 heteroatoms. The summed E-state index contributed by atoms with van der Waals surface area (Å²) in [4.78, 5) is 4.87. The maximum atomic E-state index is 6.31. The van der Waals surface area contributed by atoms with Crippen molar-refractivity contribution < 1.29 is 24.5 Å². The van der Waals surface area contributed by atoms with Gasteiger partial charge < -0.3 is 21.5 Å². The summed E-state index contributed by atoms with van der Waals surface area (Å²) in [6, 6.07) is 84.6. The van der Waals surface area contributed by atoms with Gasteiger partial charge >= 0.3 is 19.8 Å². The summed E-state index contributed by atoms with van der Waals surface area (Å²) in [6.07, 6.45) is 7.71. The van der Waals surface area contributed by atoms with Crippen LogP contribution in [0.1, 0.15) is 77.8 Å². The second kappa shape index (κ2) is 23.7. The first-order chi connectivity index (χ1) is 38.9. The van der Waals surface area contributed by atoms with Gasteiger partial charge in [-0.2, -0.15) is 24.6 Å². The van der Waals surface area contributed by atoms with E-state index in [0.29, 0.717) is 0 Å². The molecule has 0 fully saturated rings. The molecule has 80 heavy (non-hydrogen) atoms. The number of hydrogen-bond acceptors (Lipinski definition) is 3. The number of rotatable bonds is 16. The predicted molar refractivity (Wildman–Crippen MR) is 342 cm³/mol. The maximum absolute atomic E-state index is 6.31. The number of aryl methyl sites for hydroxylation is 2. The van der Waals surface area contributed by atoms with E-state index in [2.05, 4.69) is 264 Å². The Morgan fingerprint density at radius 2 is 0.775 bits per heavy atom. The first-order valence-corrected chi connectivity index (χ1v) is 28.7. The van der Waals surface area contributed by atoms with Gasteiger partial charge in [-0.1, -0.05) is 186 Å². The minimum absolute atomic E-state index is 0. The Morgan fingerprint density at radius 1 is 0.400 bits per heavy atom. The molecule has 13 rings (SSSR count). The third kappa shape index (κ3) is 9.73. The molecule has 0 radical (unpaired) electrons. The molecule has 0 amide bonds. The van der Waals surface area contributed by atoms with Crippen LogP contribution in [-0.4, -0.2) is 6.10 Å². The second-order valence-electron chi connectivity index (χ2n) is 21.1. The van der Waals surface area contributed by atoms with Crippen LogP contribution in [0.2, 0.25) is 0 Å². The van der Waals surface area contributed by atoms with Crippen molar-refractivity contribution in [3.8, 4) is 28.0 Å². The van der Waals surface area contributed by atoms with E-state index < -0.39 is 0 Å². The Hall–Kier alpha value is -8.02. The molecule has 0 spiro atoms. The van der Waals surface area contributed by atoms with Gasteiger partial charge in [0.25, 0.3) is 0 Å². The molecule has 1 atom stereocenters. The molecule has 0 aliphatic carbocycles. The Bertz CT molecular complexity index is 4080. The van der Waals surface area contributed by atoms with E-state index in [1.165, 1.54) is 104 Å². The molecule has 0 saturated heterocycles. The standard InChI is InChI=1S/C72H59N2O.C4H9.Os/c1-5-19-48-31-35-53(36-32-48)73(52-25-15-10-16-26-52)63-45-43-61-67-57(63)27-17-29-59(67)69-65(50-21-11-8-12-22-50)72-62-44-46-64(58-28-18-30-60(68(58)62)70(72)66(71(61)69)51-23-13-9-14-24-51)74(54-37-33-49(20-6-2)34-38-54)55-39-41-56(42-40-55)75-47(4)7-3;1-3-4-2;/h8-9,11-18,21-47H,5-7,19-20H2,1-4H3;1,3-4H2,2H3;/q2*-1;+2. The number of ether oxygens (including phenoxy) is 1. The van der Waals surface area contributed by atoms with E-state index >= 15 is 0 Å². The summed E-state index contributed by atoms with van der Waals surface area (Å²) in [5.41, 5.74) is 14.4. The molecule has 0 N–H and O–H groups in total. The molecule has 13 aromatic rings. The van der Waals surface area contributed by atoms with Crippen LogP contribution in [0.5, 0.6) is 5.75 Å². The van der Waals surface area contributed by atoms with Crippen molar-refractivity contribution in [3.63, 3.8) is 0 Å². The third-order valence-electron chi connectivity index (χ3n) is 16.0. The van der Waals surface area contributed by atoms with Crippen molar-refractivity contribution >= 4 is 98.8 Å². The smallest absolute Gasteiger partial charge is 0.491 e. The van der Waals surface area contributed by atoms with Crippen LogP contribution in [0, 0.1) is 13.0 Å². The van der Waals surface area contributed by atoms with Crippen molar-refractivity contribution in [1.82, 2.24) is 0 Å². The van der Waals surface area contributed by atoms with Gasteiger partial charge in [-0.25, -0.2) is 0 Å². The Kier molecular flexibility index (Phi) is 16.0. The van der Waals surface area contributed by atoms with Crippen LogP contribution in [-0.2, 0) is 32.6 Å². The molecular weight excluding hydrogens is 1150 g/mol. The van der Waals surface area contributed by atoms with Gasteiger partial charge in [0.2, 0.25) is 0 Å². The van der Waals surface area contributed by atoms with Gasteiger partial charge in [0.1, 0.15) is 5.75 Å². The van der Waals surface area contributed by atoms with Gasteiger partial charge in [-0.3, -0.25) is 0 Å². The summed E-state index contributed by atoms with van der Waals surface area (Å²) in [6.45, 7) is 14.5. The molecule has 0 aliphatic rings. The minimum atomic E-state index is 0. The van der Waals surface area contributed by atoms with Gasteiger partial charge in [0.05, 0.1) is 17.5 Å². The molecule has 0 heterocycles. The normalized spacial score (nSPS) is 11.8. The number of fused-ring (bicyclic) bond motifs is 6. The average Bonchev–Trinajstić information content (AvgIpc) is 4.25. The van der Waals surface area contributed by atoms with Crippen molar-refractivity contribution in [2.45, 2.75) is 85.7 Å². The average molecular weight is 1220 g/mol. The first kappa shape index (κ1) is 54.0. The molecule has 13 aromatic carbocycles. The third-order valence-corrected chi connectivity index (χ3v) is 16.0. The number of nitrogens with zero attached hydrogens (tertiary/aromatic N) is 2. The van der Waals surface area contributed by atoms with E-state index in [9.17, 15) is 0 Å². The summed E-state index contributed by atoms with van der Waals surface area (Å²) in [5, 5.41) is 15.2. The van der Waals surface area contributed by atoms with E-state index in [-0.39, 0.29) is 25.9 Å². The molecule has 396 valence electrons. The zero-order chi connectivity index (χ0) is 54.0. The molecule has 0 aromatic heterocycles. The van der Waals surface area contributed by atoms with Crippen molar-refractivity contribution in [2.75, 3.05) is 9.80 Å². The fourth-order valence-electron chi connectivity index (χ4n) is 12.2. The van der Waals surface area contributed by atoms with Gasteiger partial charge in [-0.05, 0) is 174 Å². The monoisotopic (exact) mass is 1220 g/mol. The number of benzene rings is 11. The number of anilines is 6. The SMILES string of the molecule is CCCc1ccc(N(c2cc[c-]cc2)c2ccc3c4c(-c5ccccc5)c5c6cccc7c(N(c8ccc(CCC)cc8)c8ccc(OC(C)CC)cc8)ccc(c5c(-c5ccccc5)c4c4cccc2c43)c76)cc1.[CH2-]CCC.[Os+2]. The largest absolute Gasteiger partial charge is 2.00 e. The zero-order valence-corrected chi connectivity index (χ0v) is 49.2. The van der Waals surface area contributed by atoms with E-state index in [1.54, 1.807) is 0 Å². The predicted octanol–water partition coefficient (Wildman–Crippen LogP) is 22.3. The summed E-state index contributed by atoms with van der Waals surface area (Å²) in [7, 11) is 0. The van der Waals surface area contributed by atoms with Crippen LogP contribution < -0.4 is 14.5 Å². The molecule has 3 nitrogen and oxygen atoms in total. The summed E-state index contributed by atoms with van der Waals surface area (Å²) < 4.78 is 6.31. The van der Waals surface area contributed by atoms with Crippen LogP contribution in [0.4, 0.5) is 34.1 Å². The van der Waals surface area contributed by atoms with E-state index in [1.807, 2.05) is 12.1 Å². The first-order valence-electron chi connectivity index (χ1n) is 28.7. The van der Waals surface area contributed by atoms with Crippen LogP contribution in [0.15, 0.2) is 218 Å². The number of hydrogen-bond donors (Lipinski definition) is 0. The van der Waals surface area contributed by atoms with Crippen LogP contribution in [0.25, 0.3) is 86.9 Å². The van der Waals surface area contributed by atoms with Gasteiger partial charge in [-0.15, -0.1) is 12.1 Å². The quantitative estimate of drug-likeness (QED) is 0.0897. The maximum Gasteiger partial charge on any atom is 2.00 e. The van der Waals surface area contributed by atoms with Crippen molar-refractivity contribution in [3.05, 3.63) is 243 Å². The molecule has 0 saturated carbocycles. The summed E-state index contributed by atoms with van der Waals surface area (Å²) >= 11 is 0. The Balaban J connectivity index is 0.00000131.